The van der Waals surface area contributed by atoms with Gasteiger partial charge in [0.1, 0.15) is 97.6 Å². The zero-order valence-corrected chi connectivity index (χ0v) is 41.4. The summed E-state index contributed by atoms with van der Waals surface area (Å²) in [6, 6.07) is -1.31. The first-order valence-corrected chi connectivity index (χ1v) is 24.3. The first-order chi connectivity index (χ1) is 34.1. The van der Waals surface area contributed by atoms with Crippen molar-refractivity contribution in [3.8, 4) is 0 Å². The standard InChI is InChI=1S/C40H69N5O26.Al.2H/c1-15-24(52)28(56)31(59)37(67-15)64-9-7-42-21(49)3-2-4-23(51)45-16(36(63)44-11-20(41)48)5-6-22(50)43-8-10-65-39-34(62)35(71-40-33(61)30(58)26(54)18(13-47)69-40)27(55)19(70-39)14-66-38-32(60)29(57)25(53)17(12-46)68-38;;;/h15-19,24-35,37-40,46-47,52-62H,2-14H2,1H3,(H6,41,42,43,44,45,48,49,50,51,63);;;/q;+1;;/p-1/t15-,16-,17+,18+,19+,24+,25+,26+,27+,28+,29-,30-,31-,32-,33-,34-,35-,37+,38-,39-,40+;;;/m0.../s1. The Morgan fingerprint density at radius 3 is 1.58 bits per heavy atom. The fraction of sp³-hybridized carbons (Fsp3) is 0.875. The maximum absolute atomic E-state index is 13.0. The van der Waals surface area contributed by atoms with E-state index in [4.69, 9.17) is 37.9 Å². The second kappa shape index (κ2) is 30.0. The maximum atomic E-state index is 13.0. The molecule has 0 aromatic rings. The molecule has 31 nitrogen and oxygen atoms in total. The van der Waals surface area contributed by atoms with Gasteiger partial charge in [-0.1, -0.05) is 0 Å². The van der Waals surface area contributed by atoms with Crippen LogP contribution in [0.2, 0.25) is 0 Å². The van der Waals surface area contributed by atoms with Gasteiger partial charge >= 0.3 is 16.5 Å². The summed E-state index contributed by atoms with van der Waals surface area (Å²) in [5.74, 6) is -3.07. The van der Waals surface area contributed by atoms with E-state index in [0.717, 1.165) is 0 Å². The van der Waals surface area contributed by atoms with Crippen LogP contribution in [-0.4, -0.2) is 294 Å². The zero-order chi connectivity index (χ0) is 53.4. The molecule has 0 unspecified atom stereocenters. The highest BCUT2D eigenvalue weighted by molar-refractivity contribution is 6.14. The first-order valence-electron chi connectivity index (χ1n) is 23.3. The molecule has 0 aromatic heterocycles. The molecule has 0 radical (unpaired) electrons. The predicted octanol–water partition coefficient (Wildman–Crippen LogP) is -12.3. The van der Waals surface area contributed by atoms with E-state index in [1.54, 1.807) is 0 Å². The van der Waals surface area contributed by atoms with Crippen molar-refractivity contribution in [2.75, 3.05) is 52.7 Å². The third-order valence-corrected chi connectivity index (χ3v) is 12.7. The quantitative estimate of drug-likeness (QED) is 0.0282. The van der Waals surface area contributed by atoms with Crippen LogP contribution in [-0.2, 0) is 61.9 Å². The molecular formula is C40H70AlN5O26. The maximum Gasteiger partial charge on any atom is 0.364 e. The third-order valence-electron chi connectivity index (χ3n) is 12.1. The monoisotopic (exact) mass is 1060 g/mol. The predicted molar refractivity (Wildman–Crippen MR) is 234 cm³/mol. The van der Waals surface area contributed by atoms with Gasteiger partial charge in [0.05, 0.1) is 45.7 Å². The number of rotatable bonds is 26. The summed E-state index contributed by atoms with van der Waals surface area (Å²) in [5.41, 5.74) is 0. The van der Waals surface area contributed by atoms with Crippen LogP contribution in [0.4, 0.5) is 0 Å². The molecule has 0 bridgehead atoms. The number of ether oxygens (including phenoxy) is 8. The molecule has 4 aliphatic heterocycles. The van der Waals surface area contributed by atoms with Crippen molar-refractivity contribution in [2.45, 2.75) is 168 Å². The number of carbonyl (C=O) groups excluding carboxylic acids is 5. The van der Waals surface area contributed by atoms with E-state index in [-0.39, 0.29) is 51.8 Å². The van der Waals surface area contributed by atoms with Crippen molar-refractivity contribution >= 4 is 46.0 Å². The Balaban J connectivity index is 1.28. The number of hydrogen-bond acceptors (Lipinski definition) is 26. The summed E-state index contributed by atoms with van der Waals surface area (Å²) in [6.45, 7) is -2.12. The Labute approximate surface area is 419 Å². The van der Waals surface area contributed by atoms with E-state index in [1.807, 2.05) is 0 Å². The molecule has 72 heavy (non-hydrogen) atoms. The van der Waals surface area contributed by atoms with E-state index in [2.05, 4.69) is 25.6 Å². The van der Waals surface area contributed by atoms with Crippen molar-refractivity contribution in [3.63, 3.8) is 0 Å². The fourth-order valence-electron chi connectivity index (χ4n) is 7.73. The number of carbonyl (C=O) groups is 5. The molecule has 414 valence electrons. The van der Waals surface area contributed by atoms with Crippen LogP contribution in [0.25, 0.3) is 0 Å². The lowest BCUT2D eigenvalue weighted by Gasteiger charge is -2.46. The lowest BCUT2D eigenvalue weighted by Crippen LogP contribution is -2.65. The molecule has 4 fully saturated rings. The second-order valence-electron chi connectivity index (χ2n) is 17.4. The van der Waals surface area contributed by atoms with E-state index in [9.17, 15) is 90.4 Å². The summed E-state index contributed by atoms with van der Waals surface area (Å²) in [4.78, 5) is 63.0. The molecular weight excluding hydrogens is 993 g/mol. The number of nitrogens with one attached hydrogen (secondary N) is 5. The minimum Gasteiger partial charge on any atom is -0.451 e. The van der Waals surface area contributed by atoms with Crippen molar-refractivity contribution in [1.29, 1.82) is 0 Å². The molecule has 18 N–H and O–H groups in total. The Kier molecular flexibility index (Phi) is 25.6. The van der Waals surface area contributed by atoms with Gasteiger partial charge in [0, 0.05) is 32.4 Å². The van der Waals surface area contributed by atoms with Gasteiger partial charge in [-0.25, -0.2) is 0 Å². The molecule has 0 aromatic carbocycles. The molecule has 4 aliphatic rings. The van der Waals surface area contributed by atoms with Gasteiger partial charge < -0.3 is 130 Å². The number of amides is 5. The molecule has 4 rings (SSSR count). The highest BCUT2D eigenvalue weighted by Crippen LogP contribution is 2.31. The Hall–Kier alpha value is -2.96. The molecule has 5 amide bonds. The van der Waals surface area contributed by atoms with Crippen LogP contribution >= 0.6 is 0 Å². The lowest BCUT2D eigenvalue weighted by atomic mass is 9.96. The Morgan fingerprint density at radius 2 is 1.01 bits per heavy atom. The Morgan fingerprint density at radius 1 is 0.528 bits per heavy atom. The molecule has 4 saturated heterocycles. The summed E-state index contributed by atoms with van der Waals surface area (Å²) in [6.07, 6.45) is -33.7. The van der Waals surface area contributed by atoms with Gasteiger partial charge in [0.25, 0.3) is 0 Å². The van der Waals surface area contributed by atoms with Gasteiger partial charge in [0.15, 0.2) is 25.2 Å². The topological polar surface area (TPSA) is 482 Å². The SMILES string of the molecule is C[C@@H]1O[C@@H](OCCNC(=O)CCCC(=O)N[C@@H](CCC(=O)NCCO[C@H]2O[C@H](CO[C@H]3O[C@H](CO)[C@@H](O)[C@H](O)[C@@H]3O)[C@@H](O)[C@H](O[C@H]3O[C@H](CO)[C@@H](O)[C@H](O)[C@@H]3O)[C@@H]2O)C(=O)NCC(=O)[NH][AlH2])[C@@H](O)[C@H](O)[C@@H]1O. The fourth-order valence-corrected chi connectivity index (χ4v) is 7.90. The summed E-state index contributed by atoms with van der Waals surface area (Å²) in [5, 5.41) is 143. The van der Waals surface area contributed by atoms with E-state index in [0.29, 0.717) is 16.5 Å². The van der Waals surface area contributed by atoms with Crippen molar-refractivity contribution < 1.29 is 128 Å². The normalized spacial score (nSPS) is 37.5. The minimum atomic E-state index is -1.98. The largest absolute Gasteiger partial charge is 0.451 e. The van der Waals surface area contributed by atoms with Gasteiger partial charge in [-0.3, -0.25) is 24.0 Å². The zero-order valence-electron chi connectivity index (χ0n) is 39.4. The average molecular weight is 1060 g/mol. The molecule has 32 heteroatoms. The number of aliphatic hydroxyl groups excluding tert-OH is 13. The smallest absolute Gasteiger partial charge is 0.364 e. The van der Waals surface area contributed by atoms with Gasteiger partial charge in [-0.05, 0) is 19.8 Å². The van der Waals surface area contributed by atoms with Crippen LogP contribution < -0.4 is 25.6 Å². The molecule has 21 atom stereocenters. The second-order valence-corrected chi connectivity index (χ2v) is 17.9. The molecule has 0 saturated carbocycles. The minimum absolute atomic E-state index is 0.0215. The van der Waals surface area contributed by atoms with Gasteiger partial charge in [-0.15, -0.1) is 0 Å². The Bertz CT molecular complexity index is 1710. The molecule has 0 aliphatic carbocycles. The lowest BCUT2D eigenvalue weighted by molar-refractivity contribution is -0.366. The summed E-state index contributed by atoms with van der Waals surface area (Å²) in [7, 11) is 0. The van der Waals surface area contributed by atoms with Crippen LogP contribution in [0.1, 0.15) is 39.0 Å². The average Bonchev–Trinajstić information content (AvgIpc) is 3.36. The van der Waals surface area contributed by atoms with Crippen LogP contribution in [0.5, 0.6) is 0 Å². The van der Waals surface area contributed by atoms with Crippen LogP contribution in [0.3, 0.4) is 0 Å². The third kappa shape index (κ3) is 17.3. The van der Waals surface area contributed by atoms with Crippen molar-refractivity contribution in [1.82, 2.24) is 25.6 Å². The first kappa shape index (κ1) is 61.6. The van der Waals surface area contributed by atoms with Crippen LogP contribution in [0.15, 0.2) is 0 Å². The highest BCUT2D eigenvalue weighted by Gasteiger charge is 2.52. The molecule has 4 heterocycles. The summed E-state index contributed by atoms with van der Waals surface area (Å²) >= 11 is 0.296. The number of hydrogen-bond donors (Lipinski definition) is 18. The van der Waals surface area contributed by atoms with Crippen molar-refractivity contribution in [2.24, 2.45) is 0 Å². The molecule has 0 spiro atoms. The van der Waals surface area contributed by atoms with Gasteiger partial charge in [-0.2, -0.15) is 0 Å². The van der Waals surface area contributed by atoms with E-state index in [1.165, 1.54) is 6.92 Å². The van der Waals surface area contributed by atoms with E-state index < -0.39 is 191 Å². The van der Waals surface area contributed by atoms with E-state index >= 15 is 0 Å². The van der Waals surface area contributed by atoms with Gasteiger partial charge in [0.2, 0.25) is 29.5 Å². The summed E-state index contributed by atoms with van der Waals surface area (Å²) < 4.78 is 46.4. The van der Waals surface area contributed by atoms with Crippen molar-refractivity contribution in [3.05, 3.63) is 0 Å². The van der Waals surface area contributed by atoms with Crippen LogP contribution in [0, 0.1) is 0 Å². The number of aliphatic hydroxyl groups is 13. The highest BCUT2D eigenvalue weighted by atomic mass is 27.1.